The molecular formula is C13H26N2O3S. The number of methoxy groups -OCH3 is 1. The Kier molecular flexibility index (Phi) is 5.22. The molecule has 2 atom stereocenters. The van der Waals surface area contributed by atoms with Crippen LogP contribution in [-0.2, 0) is 14.8 Å². The van der Waals surface area contributed by atoms with Gasteiger partial charge < -0.3 is 10.1 Å². The molecule has 2 rings (SSSR count). The highest BCUT2D eigenvalue weighted by Gasteiger charge is 2.39. The first kappa shape index (κ1) is 15.2. The molecule has 5 nitrogen and oxygen atoms in total. The fourth-order valence-electron chi connectivity index (χ4n) is 3.45. The Balaban J connectivity index is 1.98. The number of hydrogen-bond acceptors (Lipinski definition) is 4. The first-order valence-corrected chi connectivity index (χ1v) is 8.92. The van der Waals surface area contributed by atoms with E-state index in [9.17, 15) is 8.42 Å². The third-order valence-electron chi connectivity index (χ3n) is 4.28. The molecule has 2 saturated heterocycles. The van der Waals surface area contributed by atoms with Gasteiger partial charge in [0.15, 0.2) is 0 Å². The smallest absolute Gasteiger partial charge is 0.214 e. The van der Waals surface area contributed by atoms with Crippen molar-refractivity contribution in [2.24, 2.45) is 0 Å². The topological polar surface area (TPSA) is 58.6 Å². The molecule has 0 radical (unpaired) electrons. The summed E-state index contributed by atoms with van der Waals surface area (Å²) in [5.74, 6) is 0.202. The highest BCUT2D eigenvalue weighted by molar-refractivity contribution is 7.89. The van der Waals surface area contributed by atoms with E-state index in [1.807, 2.05) is 6.92 Å². The van der Waals surface area contributed by atoms with E-state index in [4.69, 9.17) is 4.74 Å². The molecule has 0 aliphatic carbocycles. The summed E-state index contributed by atoms with van der Waals surface area (Å²) in [5, 5.41) is 3.56. The van der Waals surface area contributed by atoms with Gasteiger partial charge in [0.2, 0.25) is 10.0 Å². The van der Waals surface area contributed by atoms with E-state index in [0.29, 0.717) is 31.7 Å². The van der Waals surface area contributed by atoms with Crippen molar-refractivity contribution in [1.82, 2.24) is 9.62 Å². The van der Waals surface area contributed by atoms with Crippen molar-refractivity contribution in [3.05, 3.63) is 0 Å². The molecule has 0 amide bonds. The number of sulfonamides is 1. The fourth-order valence-corrected chi connectivity index (χ4v) is 5.18. The zero-order valence-electron chi connectivity index (χ0n) is 12.0. The number of hydrogen-bond donors (Lipinski definition) is 1. The Morgan fingerprint density at radius 3 is 2.42 bits per heavy atom. The second-order valence-electron chi connectivity index (χ2n) is 5.63. The monoisotopic (exact) mass is 290 g/mol. The Bertz CT molecular complexity index is 373. The summed E-state index contributed by atoms with van der Waals surface area (Å²) < 4.78 is 31.5. The largest absolute Gasteiger partial charge is 0.385 e. The van der Waals surface area contributed by atoms with Crippen LogP contribution >= 0.6 is 0 Å². The second kappa shape index (κ2) is 6.52. The molecule has 2 bridgehead atoms. The summed E-state index contributed by atoms with van der Waals surface area (Å²) >= 11 is 0. The lowest BCUT2D eigenvalue weighted by atomic mass is 10.00. The quantitative estimate of drug-likeness (QED) is 0.710. The minimum atomic E-state index is -3.14. The van der Waals surface area contributed by atoms with Crippen LogP contribution in [0.25, 0.3) is 0 Å². The lowest BCUT2D eigenvalue weighted by molar-refractivity contribution is 0.197. The van der Waals surface area contributed by atoms with Crippen molar-refractivity contribution in [1.29, 1.82) is 0 Å². The van der Waals surface area contributed by atoms with Gasteiger partial charge in [-0.2, -0.15) is 4.31 Å². The molecule has 0 aromatic rings. The van der Waals surface area contributed by atoms with Crippen LogP contribution in [0.15, 0.2) is 0 Å². The van der Waals surface area contributed by atoms with Gasteiger partial charge in [0.05, 0.1) is 5.75 Å². The van der Waals surface area contributed by atoms with Crippen molar-refractivity contribution >= 4 is 10.0 Å². The maximum Gasteiger partial charge on any atom is 0.214 e. The molecule has 2 heterocycles. The first-order chi connectivity index (χ1) is 9.06. The van der Waals surface area contributed by atoms with Gasteiger partial charge in [0, 0.05) is 38.4 Å². The molecule has 2 aliphatic heterocycles. The summed E-state index contributed by atoms with van der Waals surface area (Å²) in [4.78, 5) is 0. The molecule has 112 valence electrons. The summed E-state index contributed by atoms with van der Waals surface area (Å²) in [7, 11) is -1.53. The van der Waals surface area contributed by atoms with E-state index >= 15 is 0 Å². The van der Waals surface area contributed by atoms with Crippen LogP contribution < -0.4 is 5.32 Å². The number of nitrogens with zero attached hydrogens (tertiary/aromatic N) is 1. The van der Waals surface area contributed by atoms with Crippen molar-refractivity contribution in [3.63, 3.8) is 0 Å². The minimum absolute atomic E-state index is 0.191. The number of ether oxygens (including phenoxy) is 1. The molecule has 19 heavy (non-hydrogen) atoms. The van der Waals surface area contributed by atoms with Crippen molar-refractivity contribution in [2.45, 2.75) is 57.2 Å². The SMILES string of the molecule is CCN(C1CC2CCC(C1)N2)S(=O)(=O)CCCOC. The van der Waals surface area contributed by atoms with E-state index in [1.165, 1.54) is 12.8 Å². The van der Waals surface area contributed by atoms with Gasteiger partial charge in [0.25, 0.3) is 0 Å². The standard InChI is InChI=1S/C13H26N2O3S/c1-3-15(19(16,17)8-4-7-18-2)13-9-11-5-6-12(10-13)14-11/h11-14H,3-10H2,1-2H3. The maximum atomic E-state index is 12.4. The van der Waals surface area contributed by atoms with Crippen molar-refractivity contribution < 1.29 is 13.2 Å². The average molecular weight is 290 g/mol. The maximum absolute atomic E-state index is 12.4. The molecule has 6 heteroatoms. The highest BCUT2D eigenvalue weighted by Crippen LogP contribution is 2.31. The Labute approximate surface area is 116 Å². The van der Waals surface area contributed by atoms with Crippen LogP contribution in [-0.4, -0.2) is 56.9 Å². The highest BCUT2D eigenvalue weighted by atomic mass is 32.2. The molecule has 0 aromatic heterocycles. The van der Waals surface area contributed by atoms with Gasteiger partial charge in [0.1, 0.15) is 0 Å². The van der Waals surface area contributed by atoms with Crippen LogP contribution in [0.4, 0.5) is 0 Å². The average Bonchev–Trinajstić information content (AvgIpc) is 2.69. The molecule has 2 unspecified atom stereocenters. The fraction of sp³-hybridized carbons (Fsp3) is 1.00. The van der Waals surface area contributed by atoms with Gasteiger partial charge in [-0.3, -0.25) is 0 Å². The van der Waals surface area contributed by atoms with Crippen LogP contribution in [0.2, 0.25) is 0 Å². The predicted molar refractivity (Wildman–Crippen MR) is 75.6 cm³/mol. The molecule has 2 aliphatic rings. The Morgan fingerprint density at radius 2 is 1.89 bits per heavy atom. The van der Waals surface area contributed by atoms with Gasteiger partial charge in [-0.1, -0.05) is 6.92 Å². The van der Waals surface area contributed by atoms with Gasteiger partial charge in [-0.05, 0) is 32.1 Å². The lowest BCUT2D eigenvalue weighted by Crippen LogP contribution is -2.50. The number of nitrogens with one attached hydrogen (secondary N) is 1. The van der Waals surface area contributed by atoms with E-state index in [0.717, 1.165) is 12.8 Å². The van der Waals surface area contributed by atoms with Crippen LogP contribution in [0.5, 0.6) is 0 Å². The molecule has 1 N–H and O–H groups in total. The van der Waals surface area contributed by atoms with Crippen LogP contribution in [0.3, 0.4) is 0 Å². The summed E-state index contributed by atoms with van der Waals surface area (Å²) in [5.41, 5.74) is 0. The van der Waals surface area contributed by atoms with Gasteiger partial charge in [-0.15, -0.1) is 0 Å². The molecule has 0 saturated carbocycles. The molecular weight excluding hydrogens is 264 g/mol. The minimum Gasteiger partial charge on any atom is -0.385 e. The first-order valence-electron chi connectivity index (χ1n) is 7.31. The number of rotatable bonds is 7. The second-order valence-corrected chi connectivity index (χ2v) is 7.67. The molecule has 0 aromatic carbocycles. The Hall–Kier alpha value is -0.170. The number of piperidine rings is 1. The van der Waals surface area contributed by atoms with Crippen LogP contribution in [0, 0.1) is 0 Å². The lowest BCUT2D eigenvalue weighted by Gasteiger charge is -2.36. The van der Waals surface area contributed by atoms with Crippen molar-refractivity contribution in [2.75, 3.05) is 26.0 Å². The third-order valence-corrected chi connectivity index (χ3v) is 6.35. The predicted octanol–water partition coefficient (Wildman–Crippen LogP) is 0.958. The van der Waals surface area contributed by atoms with Crippen molar-refractivity contribution in [3.8, 4) is 0 Å². The molecule has 0 spiro atoms. The van der Waals surface area contributed by atoms with Gasteiger partial charge in [-0.25, -0.2) is 8.42 Å². The van der Waals surface area contributed by atoms with E-state index in [-0.39, 0.29) is 11.8 Å². The normalized spacial score (nSPS) is 31.0. The Morgan fingerprint density at radius 1 is 1.26 bits per heavy atom. The summed E-state index contributed by atoms with van der Waals surface area (Å²) in [6, 6.07) is 1.23. The zero-order chi connectivity index (χ0) is 13.9. The summed E-state index contributed by atoms with van der Waals surface area (Å²) in [6.45, 7) is 3.03. The van der Waals surface area contributed by atoms with E-state index in [1.54, 1.807) is 11.4 Å². The van der Waals surface area contributed by atoms with E-state index in [2.05, 4.69) is 5.32 Å². The zero-order valence-corrected chi connectivity index (χ0v) is 12.8. The van der Waals surface area contributed by atoms with Crippen LogP contribution in [0.1, 0.15) is 39.0 Å². The third kappa shape index (κ3) is 3.68. The summed E-state index contributed by atoms with van der Waals surface area (Å²) in [6.07, 6.45) is 4.90. The van der Waals surface area contributed by atoms with E-state index < -0.39 is 10.0 Å². The number of fused-ring (bicyclic) bond motifs is 2. The molecule has 2 fully saturated rings. The van der Waals surface area contributed by atoms with Gasteiger partial charge >= 0.3 is 0 Å².